The molecule has 0 atom stereocenters. The number of piperazine rings is 1. The maximum Gasteiger partial charge on any atom is 0.255 e. The van der Waals surface area contributed by atoms with Gasteiger partial charge < -0.3 is 10.2 Å². The molecule has 2 aromatic carbocycles. The topological polar surface area (TPSA) is 85.8 Å². The summed E-state index contributed by atoms with van der Waals surface area (Å²) in [5.41, 5.74) is 2.27. The quantitative estimate of drug-likeness (QED) is 0.561. The maximum absolute atomic E-state index is 12.6. The molecule has 0 aliphatic carbocycles. The summed E-state index contributed by atoms with van der Waals surface area (Å²) in [7, 11) is -0.573. The second-order valence-electron chi connectivity index (χ2n) is 8.41. The molecule has 1 N–H and O–H groups in total. The third kappa shape index (κ3) is 5.61. The standard InChI is InChI=1S/C25H29N5O3S/c1-28(2)34(32,33)23-12-8-21(9-13-23)25(31)27-22-10-6-20(7-11-22)19-29-15-17-30(18-16-29)24-5-3-4-14-26-24/h3-14H,15-19H2,1-2H3,(H,27,31). The van der Waals surface area contributed by atoms with Gasteiger partial charge in [-0.1, -0.05) is 18.2 Å². The van der Waals surface area contributed by atoms with Crippen LogP contribution in [0.4, 0.5) is 11.5 Å². The number of carbonyl (C=O) groups excluding carboxylic acids is 1. The van der Waals surface area contributed by atoms with E-state index in [1.807, 2.05) is 48.7 Å². The Morgan fingerprint density at radius 1 is 0.941 bits per heavy atom. The summed E-state index contributed by atoms with van der Waals surface area (Å²) in [5.74, 6) is 0.739. The summed E-state index contributed by atoms with van der Waals surface area (Å²) in [5, 5.41) is 2.87. The molecule has 1 amide bonds. The van der Waals surface area contributed by atoms with Crippen molar-refractivity contribution in [1.82, 2.24) is 14.2 Å². The van der Waals surface area contributed by atoms with Crippen molar-refractivity contribution in [3.05, 3.63) is 84.1 Å². The van der Waals surface area contributed by atoms with Crippen LogP contribution in [-0.4, -0.2) is 68.8 Å². The number of sulfonamides is 1. The predicted octanol–water partition coefficient (Wildman–Crippen LogP) is 2.91. The molecule has 0 bridgehead atoms. The molecule has 2 heterocycles. The summed E-state index contributed by atoms with van der Waals surface area (Å²) in [6.45, 7) is 4.68. The second-order valence-corrected chi connectivity index (χ2v) is 10.6. The predicted molar refractivity (Wildman–Crippen MR) is 133 cm³/mol. The number of amides is 1. The molecule has 0 saturated carbocycles. The minimum Gasteiger partial charge on any atom is -0.354 e. The summed E-state index contributed by atoms with van der Waals surface area (Å²) in [4.78, 5) is 21.9. The smallest absolute Gasteiger partial charge is 0.255 e. The first kappa shape index (κ1) is 23.9. The molecule has 8 nitrogen and oxygen atoms in total. The maximum atomic E-state index is 12.6. The van der Waals surface area contributed by atoms with Crippen LogP contribution < -0.4 is 10.2 Å². The first-order chi connectivity index (χ1) is 16.3. The molecule has 9 heteroatoms. The van der Waals surface area contributed by atoms with Gasteiger partial charge in [0, 0.05) is 64.3 Å². The zero-order valence-electron chi connectivity index (χ0n) is 19.4. The Labute approximate surface area is 200 Å². The molecule has 0 unspecified atom stereocenters. The highest BCUT2D eigenvalue weighted by Crippen LogP contribution is 2.18. The summed E-state index contributed by atoms with van der Waals surface area (Å²) in [6.07, 6.45) is 1.83. The Morgan fingerprint density at radius 2 is 1.62 bits per heavy atom. The minimum absolute atomic E-state index is 0.152. The largest absolute Gasteiger partial charge is 0.354 e. The van der Waals surface area contributed by atoms with E-state index < -0.39 is 10.0 Å². The van der Waals surface area contributed by atoms with Gasteiger partial charge in [-0.3, -0.25) is 9.69 Å². The molecule has 34 heavy (non-hydrogen) atoms. The number of nitrogens with one attached hydrogen (secondary N) is 1. The van der Waals surface area contributed by atoms with E-state index in [2.05, 4.69) is 20.1 Å². The number of pyridine rings is 1. The van der Waals surface area contributed by atoms with Crippen LogP contribution in [0.15, 0.2) is 77.8 Å². The first-order valence-electron chi connectivity index (χ1n) is 11.1. The molecule has 1 aromatic heterocycles. The highest BCUT2D eigenvalue weighted by Gasteiger charge is 2.19. The molecule has 1 fully saturated rings. The van der Waals surface area contributed by atoms with E-state index in [1.54, 1.807) is 0 Å². The molecule has 0 radical (unpaired) electrons. The Morgan fingerprint density at radius 3 is 2.21 bits per heavy atom. The van der Waals surface area contributed by atoms with Gasteiger partial charge in [-0.2, -0.15) is 0 Å². The van der Waals surface area contributed by atoms with Gasteiger partial charge in [-0.05, 0) is 54.1 Å². The lowest BCUT2D eigenvalue weighted by Gasteiger charge is -2.35. The number of nitrogens with zero attached hydrogens (tertiary/aromatic N) is 4. The highest BCUT2D eigenvalue weighted by atomic mass is 32.2. The van der Waals surface area contributed by atoms with Crippen molar-refractivity contribution in [2.75, 3.05) is 50.5 Å². The van der Waals surface area contributed by atoms with Crippen LogP contribution in [0.3, 0.4) is 0 Å². The van der Waals surface area contributed by atoms with Gasteiger partial charge in [-0.15, -0.1) is 0 Å². The molecule has 1 aliphatic rings. The van der Waals surface area contributed by atoms with Crippen LogP contribution in [0.2, 0.25) is 0 Å². The van der Waals surface area contributed by atoms with Crippen molar-refractivity contribution in [1.29, 1.82) is 0 Å². The third-order valence-electron chi connectivity index (χ3n) is 5.86. The molecular weight excluding hydrogens is 450 g/mol. The Balaban J connectivity index is 1.30. The Bertz CT molecular complexity index is 1210. The van der Waals surface area contributed by atoms with E-state index in [4.69, 9.17) is 0 Å². The van der Waals surface area contributed by atoms with E-state index in [0.717, 1.165) is 42.8 Å². The molecule has 3 aromatic rings. The molecule has 1 saturated heterocycles. The molecule has 178 valence electrons. The van der Waals surface area contributed by atoms with Crippen LogP contribution in [0.5, 0.6) is 0 Å². The van der Waals surface area contributed by atoms with Gasteiger partial charge in [0.2, 0.25) is 10.0 Å². The van der Waals surface area contributed by atoms with Gasteiger partial charge in [0.1, 0.15) is 5.82 Å². The number of hydrogen-bond donors (Lipinski definition) is 1. The number of carbonyl (C=O) groups is 1. The molecule has 1 aliphatic heterocycles. The van der Waals surface area contributed by atoms with Gasteiger partial charge in [0.15, 0.2) is 0 Å². The van der Waals surface area contributed by atoms with Gasteiger partial charge in [0.25, 0.3) is 5.91 Å². The lowest BCUT2D eigenvalue weighted by molar-refractivity contribution is 0.102. The average molecular weight is 480 g/mol. The zero-order chi connectivity index (χ0) is 24.1. The summed E-state index contributed by atoms with van der Waals surface area (Å²) in [6, 6.07) is 19.7. The van der Waals surface area contributed by atoms with Crippen molar-refractivity contribution in [2.24, 2.45) is 0 Å². The second kappa shape index (κ2) is 10.3. The normalized spacial score (nSPS) is 14.9. The van der Waals surface area contributed by atoms with Crippen molar-refractivity contribution in [2.45, 2.75) is 11.4 Å². The minimum atomic E-state index is -3.52. The van der Waals surface area contributed by atoms with E-state index in [0.29, 0.717) is 11.3 Å². The molecule has 0 spiro atoms. The monoisotopic (exact) mass is 479 g/mol. The van der Waals surface area contributed by atoms with Crippen molar-refractivity contribution in [3.8, 4) is 0 Å². The van der Waals surface area contributed by atoms with Gasteiger partial charge in [0.05, 0.1) is 4.90 Å². The van der Waals surface area contributed by atoms with Gasteiger partial charge in [-0.25, -0.2) is 17.7 Å². The fourth-order valence-electron chi connectivity index (χ4n) is 3.82. The van der Waals surface area contributed by atoms with Crippen LogP contribution in [0.1, 0.15) is 15.9 Å². The summed E-state index contributed by atoms with van der Waals surface area (Å²) < 4.78 is 25.5. The summed E-state index contributed by atoms with van der Waals surface area (Å²) >= 11 is 0. The van der Waals surface area contributed by atoms with Crippen LogP contribution in [-0.2, 0) is 16.6 Å². The van der Waals surface area contributed by atoms with E-state index in [9.17, 15) is 13.2 Å². The Hall–Kier alpha value is -3.27. The van der Waals surface area contributed by atoms with Crippen LogP contribution >= 0.6 is 0 Å². The number of anilines is 2. The molecule has 4 rings (SSSR count). The highest BCUT2D eigenvalue weighted by molar-refractivity contribution is 7.89. The van der Waals surface area contributed by atoms with Crippen LogP contribution in [0, 0.1) is 0 Å². The lowest BCUT2D eigenvalue weighted by atomic mass is 10.1. The van der Waals surface area contributed by atoms with Crippen molar-refractivity contribution in [3.63, 3.8) is 0 Å². The fourth-order valence-corrected chi connectivity index (χ4v) is 4.72. The fraction of sp³-hybridized carbons (Fsp3) is 0.280. The van der Waals surface area contributed by atoms with E-state index in [-0.39, 0.29) is 10.8 Å². The Kier molecular flexibility index (Phi) is 7.26. The molecular formula is C25H29N5O3S. The number of aromatic nitrogens is 1. The van der Waals surface area contributed by atoms with Crippen molar-refractivity contribution >= 4 is 27.4 Å². The van der Waals surface area contributed by atoms with Crippen molar-refractivity contribution < 1.29 is 13.2 Å². The zero-order valence-corrected chi connectivity index (χ0v) is 20.2. The first-order valence-corrected chi connectivity index (χ1v) is 12.6. The van der Waals surface area contributed by atoms with E-state index in [1.165, 1.54) is 43.9 Å². The number of hydrogen-bond acceptors (Lipinski definition) is 6. The number of rotatable bonds is 7. The third-order valence-corrected chi connectivity index (χ3v) is 7.69. The van der Waals surface area contributed by atoms with E-state index >= 15 is 0 Å². The van der Waals surface area contributed by atoms with Crippen LogP contribution in [0.25, 0.3) is 0 Å². The SMILES string of the molecule is CN(C)S(=O)(=O)c1ccc(C(=O)Nc2ccc(CN3CCN(c4ccccn4)CC3)cc2)cc1. The number of benzene rings is 2. The average Bonchev–Trinajstić information content (AvgIpc) is 2.86. The van der Waals surface area contributed by atoms with Gasteiger partial charge >= 0.3 is 0 Å². The lowest BCUT2D eigenvalue weighted by Crippen LogP contribution is -2.46.